The molecule has 0 heterocycles. The Balaban J connectivity index is 2.84. The van der Waals surface area contributed by atoms with Gasteiger partial charge < -0.3 is 5.11 Å². The van der Waals surface area contributed by atoms with Gasteiger partial charge in [-0.15, -0.1) is 0 Å². The topological polar surface area (TPSA) is 37.3 Å². The van der Waals surface area contributed by atoms with Gasteiger partial charge in [0.1, 0.15) is 0 Å². The third kappa shape index (κ3) is 1.62. The number of alkyl halides is 2. The van der Waals surface area contributed by atoms with Gasteiger partial charge in [-0.2, -0.15) is 0 Å². The zero-order valence-corrected chi connectivity index (χ0v) is 8.15. The third-order valence-electron chi connectivity index (χ3n) is 2.42. The average Bonchev–Trinajstić information content (AvgIpc) is 2.27. The lowest BCUT2D eigenvalue weighted by Crippen LogP contribution is -2.03. The van der Waals surface area contributed by atoms with Crippen LogP contribution < -0.4 is 0 Å². The zero-order chi connectivity index (χ0) is 11.7. The number of hydrogen-bond acceptors (Lipinski definition) is 1. The highest BCUT2D eigenvalue weighted by Gasteiger charge is 2.20. The van der Waals surface area contributed by atoms with Gasteiger partial charge in [-0.1, -0.05) is 30.3 Å². The quantitative estimate of drug-likeness (QED) is 0.844. The highest BCUT2D eigenvalue weighted by molar-refractivity contribution is 5.98. The van der Waals surface area contributed by atoms with E-state index in [-0.39, 0.29) is 10.9 Å². The summed E-state index contributed by atoms with van der Waals surface area (Å²) < 4.78 is 25.7. The van der Waals surface area contributed by atoms with Gasteiger partial charge in [-0.05, 0) is 16.8 Å². The van der Waals surface area contributed by atoms with Crippen LogP contribution in [-0.4, -0.2) is 11.1 Å². The number of carbonyl (C=O) groups is 1. The molecule has 0 amide bonds. The first-order chi connectivity index (χ1) is 7.61. The highest BCUT2D eigenvalue weighted by atomic mass is 19.3. The number of hydrogen-bond donors (Lipinski definition) is 1. The van der Waals surface area contributed by atoms with Gasteiger partial charge in [0.2, 0.25) is 0 Å². The monoisotopic (exact) mass is 222 g/mol. The fraction of sp³-hybridized carbons (Fsp3) is 0.0833. The van der Waals surface area contributed by atoms with Crippen molar-refractivity contribution in [1.82, 2.24) is 0 Å². The molecule has 0 aliphatic heterocycles. The Labute approximate surface area is 90.1 Å². The molecule has 2 aromatic rings. The first-order valence-corrected chi connectivity index (χ1v) is 4.64. The lowest BCUT2D eigenvalue weighted by atomic mass is 9.99. The highest BCUT2D eigenvalue weighted by Crippen LogP contribution is 2.31. The van der Waals surface area contributed by atoms with Crippen LogP contribution in [0.25, 0.3) is 10.8 Å². The smallest absolute Gasteiger partial charge is 0.336 e. The molecule has 0 aromatic heterocycles. The summed E-state index contributed by atoms with van der Waals surface area (Å²) in [6, 6.07) is 9.25. The average molecular weight is 222 g/mol. The number of fused-ring (bicyclic) bond motifs is 1. The molecule has 0 radical (unpaired) electrons. The Kier molecular flexibility index (Phi) is 2.56. The first-order valence-electron chi connectivity index (χ1n) is 4.64. The lowest BCUT2D eigenvalue weighted by Gasteiger charge is -2.09. The maximum Gasteiger partial charge on any atom is 0.336 e. The summed E-state index contributed by atoms with van der Waals surface area (Å²) in [7, 11) is 0. The van der Waals surface area contributed by atoms with Crippen molar-refractivity contribution in [2.24, 2.45) is 0 Å². The largest absolute Gasteiger partial charge is 0.478 e. The van der Waals surface area contributed by atoms with E-state index in [0.29, 0.717) is 5.39 Å². The van der Waals surface area contributed by atoms with Gasteiger partial charge in [0, 0.05) is 5.56 Å². The molecule has 4 heteroatoms. The standard InChI is InChI=1S/C12H8F2O2/c13-11(14)10-8-4-2-1-3-7(8)5-6-9(10)12(15)16/h1-6,11H,(H,15,16). The van der Waals surface area contributed by atoms with Gasteiger partial charge in [0.15, 0.2) is 0 Å². The van der Waals surface area contributed by atoms with Crippen LogP contribution in [0, 0.1) is 0 Å². The summed E-state index contributed by atoms with van der Waals surface area (Å²) in [5, 5.41) is 9.74. The maximum absolute atomic E-state index is 12.9. The fourth-order valence-corrected chi connectivity index (χ4v) is 1.72. The Hall–Kier alpha value is -1.97. The van der Waals surface area contributed by atoms with E-state index in [9.17, 15) is 13.6 Å². The van der Waals surface area contributed by atoms with Crippen LogP contribution in [0.15, 0.2) is 36.4 Å². The molecule has 0 aliphatic carbocycles. The molecule has 2 rings (SSSR count). The van der Waals surface area contributed by atoms with E-state index in [0.717, 1.165) is 0 Å². The summed E-state index contributed by atoms with van der Waals surface area (Å²) in [5.74, 6) is -1.33. The molecule has 0 aliphatic rings. The molecule has 0 saturated carbocycles. The van der Waals surface area contributed by atoms with E-state index in [1.807, 2.05) is 0 Å². The van der Waals surface area contributed by atoms with E-state index in [4.69, 9.17) is 5.11 Å². The maximum atomic E-state index is 12.9. The van der Waals surface area contributed by atoms with Crippen molar-refractivity contribution in [3.63, 3.8) is 0 Å². The molecule has 0 fully saturated rings. The van der Waals surface area contributed by atoms with Crippen LogP contribution in [0.5, 0.6) is 0 Å². The number of carboxylic acids is 1. The van der Waals surface area contributed by atoms with Crippen molar-refractivity contribution < 1.29 is 18.7 Å². The van der Waals surface area contributed by atoms with E-state index < -0.39 is 18.0 Å². The lowest BCUT2D eigenvalue weighted by molar-refractivity contribution is 0.0685. The molecule has 2 nitrogen and oxygen atoms in total. The number of benzene rings is 2. The first kappa shape index (κ1) is 10.5. The van der Waals surface area contributed by atoms with E-state index in [2.05, 4.69) is 0 Å². The summed E-state index contributed by atoms with van der Waals surface area (Å²) in [4.78, 5) is 10.8. The van der Waals surface area contributed by atoms with Gasteiger partial charge in [0.25, 0.3) is 6.43 Å². The summed E-state index contributed by atoms with van der Waals surface area (Å²) in [6.07, 6.45) is -2.79. The third-order valence-corrected chi connectivity index (χ3v) is 2.42. The Morgan fingerprint density at radius 1 is 1.12 bits per heavy atom. The second-order valence-corrected chi connectivity index (χ2v) is 3.35. The van der Waals surface area contributed by atoms with E-state index in [1.54, 1.807) is 18.2 Å². The number of halogens is 2. The van der Waals surface area contributed by atoms with Crippen molar-refractivity contribution >= 4 is 16.7 Å². The summed E-state index contributed by atoms with van der Waals surface area (Å²) >= 11 is 0. The molecule has 16 heavy (non-hydrogen) atoms. The minimum atomic E-state index is -2.79. The molecule has 82 valence electrons. The van der Waals surface area contributed by atoms with Crippen LogP contribution in [0.1, 0.15) is 22.3 Å². The predicted molar refractivity (Wildman–Crippen MR) is 55.9 cm³/mol. The van der Waals surface area contributed by atoms with Gasteiger partial charge in [0.05, 0.1) is 5.56 Å². The molecule has 0 unspecified atom stereocenters. The Bertz CT molecular complexity index is 550. The Morgan fingerprint density at radius 3 is 2.44 bits per heavy atom. The second kappa shape index (κ2) is 3.89. The Morgan fingerprint density at radius 2 is 1.81 bits per heavy atom. The normalized spacial score (nSPS) is 10.9. The van der Waals surface area contributed by atoms with Crippen molar-refractivity contribution in [1.29, 1.82) is 0 Å². The molecular formula is C12H8F2O2. The minimum Gasteiger partial charge on any atom is -0.478 e. The zero-order valence-electron chi connectivity index (χ0n) is 8.15. The van der Waals surface area contributed by atoms with Gasteiger partial charge in [-0.25, -0.2) is 13.6 Å². The van der Waals surface area contributed by atoms with Crippen molar-refractivity contribution in [2.45, 2.75) is 6.43 Å². The number of aromatic carboxylic acids is 1. The van der Waals surface area contributed by atoms with Crippen LogP contribution >= 0.6 is 0 Å². The summed E-state index contributed by atoms with van der Waals surface area (Å²) in [6.45, 7) is 0. The van der Waals surface area contributed by atoms with Crippen molar-refractivity contribution in [2.75, 3.05) is 0 Å². The van der Waals surface area contributed by atoms with Gasteiger partial charge in [-0.3, -0.25) is 0 Å². The molecular weight excluding hydrogens is 214 g/mol. The second-order valence-electron chi connectivity index (χ2n) is 3.35. The molecule has 2 aromatic carbocycles. The predicted octanol–water partition coefficient (Wildman–Crippen LogP) is 3.48. The SMILES string of the molecule is O=C(O)c1ccc2ccccc2c1C(F)F. The van der Waals surface area contributed by atoms with Crippen LogP contribution in [0.2, 0.25) is 0 Å². The van der Waals surface area contributed by atoms with Crippen molar-refractivity contribution in [3.05, 3.63) is 47.5 Å². The van der Waals surface area contributed by atoms with Crippen LogP contribution in [0.3, 0.4) is 0 Å². The molecule has 1 N–H and O–H groups in total. The van der Waals surface area contributed by atoms with Crippen LogP contribution in [0.4, 0.5) is 8.78 Å². The molecule has 0 saturated heterocycles. The molecule has 0 atom stereocenters. The van der Waals surface area contributed by atoms with Crippen LogP contribution in [-0.2, 0) is 0 Å². The van der Waals surface area contributed by atoms with Crippen molar-refractivity contribution in [3.8, 4) is 0 Å². The number of carboxylic acid groups (broad SMARTS) is 1. The molecule has 0 bridgehead atoms. The van der Waals surface area contributed by atoms with Gasteiger partial charge >= 0.3 is 5.97 Å². The minimum absolute atomic E-state index is 0.289. The molecule has 0 spiro atoms. The van der Waals surface area contributed by atoms with E-state index >= 15 is 0 Å². The van der Waals surface area contributed by atoms with E-state index in [1.165, 1.54) is 18.2 Å². The summed E-state index contributed by atoms with van der Waals surface area (Å²) in [5.41, 5.74) is -0.751. The number of rotatable bonds is 2. The fourth-order valence-electron chi connectivity index (χ4n) is 1.72.